The van der Waals surface area contributed by atoms with Crippen LogP contribution >= 0.6 is 0 Å². The number of rotatable bonds is 3. The highest BCUT2D eigenvalue weighted by molar-refractivity contribution is 5.87. The minimum atomic E-state index is -0.299. The summed E-state index contributed by atoms with van der Waals surface area (Å²) in [7, 11) is 1.37. The van der Waals surface area contributed by atoms with Crippen LogP contribution in [0.25, 0.3) is 0 Å². The highest BCUT2D eigenvalue weighted by Crippen LogP contribution is 2.04. The summed E-state index contributed by atoms with van der Waals surface area (Å²) in [6, 6.07) is 3.68. The quantitative estimate of drug-likeness (QED) is 0.527. The maximum absolute atomic E-state index is 11.0. The molecule has 13 heavy (non-hydrogen) atoms. The van der Waals surface area contributed by atoms with Crippen LogP contribution in [0.1, 0.15) is 12.7 Å². The Bertz CT molecular complexity index is 296. The van der Waals surface area contributed by atoms with Gasteiger partial charge in [0.1, 0.15) is 5.76 Å². The molecular weight excluding hydrogens is 168 g/mol. The number of methoxy groups -OCH3 is 1. The zero-order valence-corrected chi connectivity index (χ0v) is 7.74. The molecule has 0 bridgehead atoms. The molecule has 1 aromatic heterocycles. The summed E-state index contributed by atoms with van der Waals surface area (Å²) in [5.74, 6) is 0.537. The fraction of sp³-hybridized carbons (Fsp3) is 0.300. The zero-order chi connectivity index (χ0) is 9.68. The Hall–Kier alpha value is -1.51. The molecule has 0 radical (unpaired) electrons. The van der Waals surface area contributed by atoms with Gasteiger partial charge >= 0.3 is 5.97 Å². The number of esters is 1. The van der Waals surface area contributed by atoms with Crippen LogP contribution in [0.5, 0.6) is 0 Å². The highest BCUT2D eigenvalue weighted by Gasteiger charge is 2.02. The Balaban J connectivity index is 2.53. The molecule has 0 aliphatic carbocycles. The molecule has 0 aromatic carbocycles. The molecule has 0 aliphatic rings. The minimum Gasteiger partial charge on any atom is -0.469 e. The van der Waals surface area contributed by atoms with Crippen molar-refractivity contribution in [1.82, 2.24) is 0 Å². The second-order valence-electron chi connectivity index (χ2n) is 2.66. The highest BCUT2D eigenvalue weighted by atomic mass is 16.5. The van der Waals surface area contributed by atoms with Crippen molar-refractivity contribution < 1.29 is 13.9 Å². The summed E-state index contributed by atoms with van der Waals surface area (Å²) in [5.41, 5.74) is 0.596. The third kappa shape index (κ3) is 2.78. The molecule has 1 heterocycles. The first-order chi connectivity index (χ1) is 6.24. The molecule has 1 aromatic rings. The van der Waals surface area contributed by atoms with Gasteiger partial charge in [-0.15, -0.1) is 0 Å². The number of carbonyl (C=O) groups excluding carboxylic acids is 1. The van der Waals surface area contributed by atoms with E-state index in [-0.39, 0.29) is 5.97 Å². The monoisotopic (exact) mass is 180 g/mol. The molecule has 1 rings (SSSR count). The van der Waals surface area contributed by atoms with Crippen molar-refractivity contribution in [2.45, 2.75) is 13.3 Å². The maximum Gasteiger partial charge on any atom is 0.333 e. The first-order valence-electron chi connectivity index (χ1n) is 4.01. The number of hydrogen-bond acceptors (Lipinski definition) is 3. The lowest BCUT2D eigenvalue weighted by Gasteiger charge is -1.96. The van der Waals surface area contributed by atoms with E-state index in [1.165, 1.54) is 7.11 Å². The van der Waals surface area contributed by atoms with Crippen LogP contribution in [0.3, 0.4) is 0 Å². The van der Waals surface area contributed by atoms with Gasteiger partial charge in [-0.1, -0.05) is 6.08 Å². The Morgan fingerprint density at radius 3 is 3.00 bits per heavy atom. The van der Waals surface area contributed by atoms with Crippen LogP contribution in [0.2, 0.25) is 0 Å². The van der Waals surface area contributed by atoms with Gasteiger partial charge in [0, 0.05) is 12.0 Å². The lowest BCUT2D eigenvalue weighted by molar-refractivity contribution is -0.136. The van der Waals surface area contributed by atoms with Crippen LogP contribution in [0, 0.1) is 0 Å². The van der Waals surface area contributed by atoms with Crippen molar-refractivity contribution in [1.29, 1.82) is 0 Å². The van der Waals surface area contributed by atoms with Crippen molar-refractivity contribution in [3.63, 3.8) is 0 Å². The second-order valence-corrected chi connectivity index (χ2v) is 2.66. The molecule has 0 fully saturated rings. The van der Waals surface area contributed by atoms with Gasteiger partial charge in [0.25, 0.3) is 0 Å². The van der Waals surface area contributed by atoms with E-state index in [9.17, 15) is 4.79 Å². The largest absolute Gasteiger partial charge is 0.469 e. The van der Waals surface area contributed by atoms with Crippen LogP contribution < -0.4 is 0 Å². The first kappa shape index (κ1) is 9.58. The van der Waals surface area contributed by atoms with Crippen molar-refractivity contribution in [2.75, 3.05) is 7.11 Å². The third-order valence-electron chi connectivity index (χ3n) is 1.70. The fourth-order valence-corrected chi connectivity index (χ4v) is 0.927. The molecule has 0 amide bonds. The molecule has 0 unspecified atom stereocenters. The molecule has 0 saturated carbocycles. The molecule has 3 heteroatoms. The van der Waals surface area contributed by atoms with Crippen LogP contribution in [0.15, 0.2) is 34.5 Å². The predicted molar refractivity (Wildman–Crippen MR) is 48.2 cm³/mol. The van der Waals surface area contributed by atoms with E-state index >= 15 is 0 Å². The number of allylic oxidation sites excluding steroid dienone is 1. The molecule has 0 aliphatic heterocycles. The summed E-state index contributed by atoms with van der Waals surface area (Å²) in [6.45, 7) is 1.72. The standard InChI is InChI=1S/C10H12O3/c1-8(10(11)12-2)5-6-9-4-3-7-13-9/h3-5,7H,6H2,1-2H3/b8-5+. The Morgan fingerprint density at radius 2 is 2.46 bits per heavy atom. The average Bonchev–Trinajstić information content (AvgIpc) is 2.65. The molecular formula is C10H12O3. The van der Waals surface area contributed by atoms with E-state index < -0.39 is 0 Å². The molecule has 0 atom stereocenters. The van der Waals surface area contributed by atoms with Crippen molar-refractivity contribution in [3.05, 3.63) is 35.8 Å². The Morgan fingerprint density at radius 1 is 1.69 bits per heavy atom. The maximum atomic E-state index is 11.0. The van der Waals surface area contributed by atoms with Crippen molar-refractivity contribution in [3.8, 4) is 0 Å². The molecule has 0 saturated heterocycles. The lowest BCUT2D eigenvalue weighted by atomic mass is 10.2. The summed E-state index contributed by atoms with van der Waals surface area (Å²) < 4.78 is 9.64. The van der Waals surface area contributed by atoms with Crippen LogP contribution in [-0.2, 0) is 16.0 Å². The van der Waals surface area contributed by atoms with E-state index in [0.717, 1.165) is 5.76 Å². The zero-order valence-electron chi connectivity index (χ0n) is 7.74. The van der Waals surface area contributed by atoms with E-state index in [2.05, 4.69) is 4.74 Å². The normalized spacial score (nSPS) is 11.4. The smallest absolute Gasteiger partial charge is 0.333 e. The topological polar surface area (TPSA) is 39.4 Å². The van der Waals surface area contributed by atoms with Gasteiger partial charge in [-0.25, -0.2) is 4.79 Å². The van der Waals surface area contributed by atoms with E-state index in [1.54, 1.807) is 19.3 Å². The molecule has 0 spiro atoms. The third-order valence-corrected chi connectivity index (χ3v) is 1.70. The number of hydrogen-bond donors (Lipinski definition) is 0. The Labute approximate surface area is 77.0 Å². The van der Waals surface area contributed by atoms with Gasteiger partial charge in [-0.3, -0.25) is 0 Å². The minimum absolute atomic E-state index is 0.299. The summed E-state index contributed by atoms with van der Waals surface area (Å²) in [5, 5.41) is 0. The van der Waals surface area contributed by atoms with Gasteiger partial charge < -0.3 is 9.15 Å². The second kappa shape index (κ2) is 4.50. The summed E-state index contributed by atoms with van der Waals surface area (Å²) >= 11 is 0. The van der Waals surface area contributed by atoms with E-state index in [0.29, 0.717) is 12.0 Å². The number of ether oxygens (including phenoxy) is 1. The molecule has 3 nitrogen and oxygen atoms in total. The van der Waals surface area contributed by atoms with E-state index in [4.69, 9.17) is 4.42 Å². The van der Waals surface area contributed by atoms with Gasteiger partial charge in [0.15, 0.2) is 0 Å². The summed E-state index contributed by atoms with van der Waals surface area (Å²) in [4.78, 5) is 11.0. The SMILES string of the molecule is COC(=O)/C(C)=C/Cc1ccco1. The first-order valence-corrected chi connectivity index (χ1v) is 4.01. The van der Waals surface area contributed by atoms with E-state index in [1.807, 2.05) is 12.1 Å². The van der Waals surface area contributed by atoms with Crippen molar-refractivity contribution >= 4 is 5.97 Å². The van der Waals surface area contributed by atoms with Gasteiger partial charge in [-0.05, 0) is 19.1 Å². The number of furan rings is 1. The number of carbonyl (C=O) groups is 1. The lowest BCUT2D eigenvalue weighted by Crippen LogP contribution is -2.01. The van der Waals surface area contributed by atoms with Crippen LogP contribution in [-0.4, -0.2) is 13.1 Å². The van der Waals surface area contributed by atoms with Crippen LogP contribution in [0.4, 0.5) is 0 Å². The summed E-state index contributed by atoms with van der Waals surface area (Å²) in [6.07, 6.45) is 4.01. The van der Waals surface area contributed by atoms with Gasteiger partial charge in [0.2, 0.25) is 0 Å². The molecule has 0 N–H and O–H groups in total. The fourth-order valence-electron chi connectivity index (χ4n) is 0.927. The average molecular weight is 180 g/mol. The van der Waals surface area contributed by atoms with Crippen molar-refractivity contribution in [2.24, 2.45) is 0 Å². The Kier molecular flexibility index (Phi) is 3.31. The molecule has 70 valence electrons. The van der Waals surface area contributed by atoms with Gasteiger partial charge in [-0.2, -0.15) is 0 Å². The van der Waals surface area contributed by atoms with Gasteiger partial charge in [0.05, 0.1) is 13.4 Å². The predicted octanol–water partition coefficient (Wildman–Crippen LogP) is 1.94.